The van der Waals surface area contributed by atoms with Crippen LogP contribution in [-0.2, 0) is 0 Å². The zero-order valence-corrected chi connectivity index (χ0v) is 16.6. The lowest BCUT2D eigenvalue weighted by atomic mass is 10.2. The van der Waals surface area contributed by atoms with E-state index in [1.807, 2.05) is 67.6 Å². The second-order valence-electron chi connectivity index (χ2n) is 6.57. The fourth-order valence-corrected chi connectivity index (χ4v) is 3.50. The van der Waals surface area contributed by atoms with Crippen molar-refractivity contribution < 1.29 is 0 Å². The van der Waals surface area contributed by atoms with Crippen LogP contribution in [0.15, 0.2) is 82.5 Å². The maximum atomic E-state index is 13.2. The van der Waals surface area contributed by atoms with Crippen LogP contribution in [0.1, 0.15) is 17.0 Å². The molecule has 0 N–H and O–H groups in total. The van der Waals surface area contributed by atoms with E-state index in [1.165, 1.54) is 4.90 Å². The highest BCUT2D eigenvalue weighted by Crippen LogP contribution is 2.18. The molecule has 3 nitrogen and oxygen atoms in total. The van der Waals surface area contributed by atoms with Gasteiger partial charge in [-0.25, -0.2) is 4.98 Å². The Labute approximate surface area is 168 Å². The molecule has 0 aliphatic rings. The van der Waals surface area contributed by atoms with E-state index in [2.05, 4.69) is 30.5 Å². The summed E-state index contributed by atoms with van der Waals surface area (Å²) in [4.78, 5) is 19.2. The summed E-state index contributed by atoms with van der Waals surface area (Å²) in [6, 6.07) is 23.7. The lowest BCUT2D eigenvalue weighted by molar-refractivity contribution is 0.943. The van der Waals surface area contributed by atoms with Crippen molar-refractivity contribution in [3.8, 4) is 5.69 Å². The van der Waals surface area contributed by atoms with Gasteiger partial charge in [0.25, 0.3) is 5.56 Å². The molecule has 0 amide bonds. The number of hydrogen-bond acceptors (Lipinski definition) is 3. The number of rotatable bonds is 4. The molecule has 0 saturated heterocycles. The predicted octanol–water partition coefficient (Wildman–Crippen LogP) is 5.59. The molecular weight excluding hydrogens is 364 g/mol. The SMILES string of the molecule is CSc1ccc(/C=C/c2nc3ccccc3c(=O)n2-c2ccc(C)cc2)cc1. The number of thioether (sulfide) groups is 1. The topological polar surface area (TPSA) is 34.9 Å². The van der Waals surface area contributed by atoms with Gasteiger partial charge in [0.1, 0.15) is 5.82 Å². The molecular formula is C24H20N2OS. The van der Waals surface area contributed by atoms with Crippen molar-refractivity contribution in [3.05, 3.63) is 100 Å². The number of para-hydroxylation sites is 1. The smallest absolute Gasteiger partial charge is 0.266 e. The van der Waals surface area contributed by atoms with Gasteiger partial charge in [-0.1, -0.05) is 48.0 Å². The molecule has 4 aromatic rings. The molecule has 3 aromatic carbocycles. The lowest BCUT2D eigenvalue weighted by Crippen LogP contribution is -2.22. The highest BCUT2D eigenvalue weighted by atomic mass is 32.2. The van der Waals surface area contributed by atoms with Crippen molar-refractivity contribution in [1.82, 2.24) is 9.55 Å². The second-order valence-corrected chi connectivity index (χ2v) is 7.45. The summed E-state index contributed by atoms with van der Waals surface area (Å²) < 4.78 is 1.68. The highest BCUT2D eigenvalue weighted by Gasteiger charge is 2.10. The predicted molar refractivity (Wildman–Crippen MR) is 119 cm³/mol. The zero-order valence-electron chi connectivity index (χ0n) is 15.8. The molecule has 138 valence electrons. The van der Waals surface area contributed by atoms with Crippen molar-refractivity contribution in [2.75, 3.05) is 6.26 Å². The van der Waals surface area contributed by atoms with Crippen LogP contribution < -0.4 is 5.56 Å². The number of aryl methyl sites for hydroxylation is 1. The standard InChI is InChI=1S/C24H20N2OS/c1-17-7-12-19(13-8-17)26-23(16-11-18-9-14-20(28-2)15-10-18)25-22-6-4-3-5-21(22)24(26)27/h3-16H,1-2H3/b16-11+. The van der Waals surface area contributed by atoms with Crippen LogP contribution in [0.5, 0.6) is 0 Å². The molecule has 0 aliphatic heterocycles. The number of nitrogens with zero attached hydrogens (tertiary/aromatic N) is 2. The zero-order chi connectivity index (χ0) is 19.5. The minimum atomic E-state index is -0.0631. The van der Waals surface area contributed by atoms with Gasteiger partial charge in [0.15, 0.2) is 0 Å². The molecule has 1 heterocycles. The molecule has 0 unspecified atom stereocenters. The molecule has 1 aromatic heterocycles. The van der Waals surface area contributed by atoms with Gasteiger partial charge in [-0.2, -0.15) is 0 Å². The first-order valence-electron chi connectivity index (χ1n) is 9.07. The Morgan fingerprint density at radius 2 is 1.61 bits per heavy atom. The number of fused-ring (bicyclic) bond motifs is 1. The Hall–Kier alpha value is -3.11. The lowest BCUT2D eigenvalue weighted by Gasteiger charge is -2.11. The second kappa shape index (κ2) is 7.87. The Morgan fingerprint density at radius 1 is 0.893 bits per heavy atom. The minimum Gasteiger partial charge on any atom is -0.268 e. The number of aromatic nitrogens is 2. The fourth-order valence-electron chi connectivity index (χ4n) is 3.09. The van der Waals surface area contributed by atoms with Gasteiger partial charge in [-0.05, 0) is 61.2 Å². The van der Waals surface area contributed by atoms with Crippen LogP contribution >= 0.6 is 11.8 Å². The van der Waals surface area contributed by atoms with Gasteiger partial charge in [0.05, 0.1) is 16.6 Å². The third-order valence-corrected chi connectivity index (χ3v) is 5.38. The Kier molecular flexibility index (Phi) is 5.13. The van der Waals surface area contributed by atoms with E-state index in [0.717, 1.165) is 16.8 Å². The van der Waals surface area contributed by atoms with E-state index in [9.17, 15) is 4.79 Å². The molecule has 28 heavy (non-hydrogen) atoms. The summed E-state index contributed by atoms with van der Waals surface area (Å²) >= 11 is 1.71. The van der Waals surface area contributed by atoms with Gasteiger partial charge >= 0.3 is 0 Å². The van der Waals surface area contributed by atoms with E-state index in [-0.39, 0.29) is 5.56 Å². The first-order chi connectivity index (χ1) is 13.7. The average Bonchev–Trinajstić information content (AvgIpc) is 2.74. The summed E-state index contributed by atoms with van der Waals surface area (Å²) in [5.74, 6) is 0.612. The van der Waals surface area contributed by atoms with Crippen LogP contribution in [0.2, 0.25) is 0 Å². The minimum absolute atomic E-state index is 0.0631. The summed E-state index contributed by atoms with van der Waals surface area (Å²) in [6.45, 7) is 2.03. The van der Waals surface area contributed by atoms with Crippen LogP contribution in [0.3, 0.4) is 0 Å². The molecule has 0 fully saturated rings. The molecule has 0 aliphatic carbocycles. The van der Waals surface area contributed by atoms with Crippen LogP contribution in [0, 0.1) is 6.92 Å². The molecule has 0 bridgehead atoms. The van der Waals surface area contributed by atoms with Crippen LogP contribution in [0.4, 0.5) is 0 Å². The van der Waals surface area contributed by atoms with E-state index in [1.54, 1.807) is 16.3 Å². The average molecular weight is 385 g/mol. The first kappa shape index (κ1) is 18.3. The summed E-state index contributed by atoms with van der Waals surface area (Å²) in [7, 11) is 0. The molecule has 0 saturated carbocycles. The van der Waals surface area contributed by atoms with E-state index >= 15 is 0 Å². The van der Waals surface area contributed by atoms with E-state index < -0.39 is 0 Å². The van der Waals surface area contributed by atoms with Gasteiger partial charge in [0.2, 0.25) is 0 Å². The van der Waals surface area contributed by atoms with Crippen LogP contribution in [-0.4, -0.2) is 15.8 Å². The van der Waals surface area contributed by atoms with E-state index in [0.29, 0.717) is 16.7 Å². The van der Waals surface area contributed by atoms with Gasteiger partial charge in [-0.15, -0.1) is 11.8 Å². The Balaban J connectivity index is 1.87. The van der Waals surface area contributed by atoms with E-state index in [4.69, 9.17) is 4.98 Å². The maximum Gasteiger partial charge on any atom is 0.266 e. The number of benzene rings is 3. The van der Waals surface area contributed by atoms with Crippen molar-refractivity contribution in [2.24, 2.45) is 0 Å². The van der Waals surface area contributed by atoms with Gasteiger partial charge < -0.3 is 0 Å². The first-order valence-corrected chi connectivity index (χ1v) is 10.3. The monoisotopic (exact) mass is 384 g/mol. The van der Waals surface area contributed by atoms with Gasteiger partial charge in [-0.3, -0.25) is 9.36 Å². The third-order valence-electron chi connectivity index (χ3n) is 4.63. The fraction of sp³-hybridized carbons (Fsp3) is 0.0833. The quantitative estimate of drug-likeness (QED) is 0.430. The molecule has 0 spiro atoms. The molecule has 0 radical (unpaired) electrons. The highest BCUT2D eigenvalue weighted by molar-refractivity contribution is 7.98. The van der Waals surface area contributed by atoms with Crippen molar-refractivity contribution in [1.29, 1.82) is 0 Å². The molecule has 4 rings (SSSR count). The van der Waals surface area contributed by atoms with Crippen LogP contribution in [0.25, 0.3) is 28.7 Å². The number of hydrogen-bond donors (Lipinski definition) is 0. The normalized spacial score (nSPS) is 11.4. The summed E-state index contributed by atoms with van der Waals surface area (Å²) in [6.07, 6.45) is 5.96. The summed E-state index contributed by atoms with van der Waals surface area (Å²) in [5.41, 5.74) is 3.67. The van der Waals surface area contributed by atoms with Crippen molar-refractivity contribution in [3.63, 3.8) is 0 Å². The molecule has 0 atom stereocenters. The summed E-state index contributed by atoms with van der Waals surface area (Å²) in [5, 5.41) is 0.615. The third kappa shape index (κ3) is 3.64. The van der Waals surface area contributed by atoms with Gasteiger partial charge in [0, 0.05) is 4.90 Å². The maximum absolute atomic E-state index is 13.2. The largest absolute Gasteiger partial charge is 0.268 e. The molecule has 4 heteroatoms. The Bertz CT molecular complexity index is 1210. The van der Waals surface area contributed by atoms with Crippen molar-refractivity contribution in [2.45, 2.75) is 11.8 Å². The Morgan fingerprint density at radius 3 is 2.32 bits per heavy atom. The van der Waals surface area contributed by atoms with Crippen molar-refractivity contribution >= 4 is 34.8 Å².